The Morgan fingerprint density at radius 2 is 1.82 bits per heavy atom. The molecule has 1 aromatic heterocycles. The number of carboxylic acid groups (broad SMARTS) is 1. The van der Waals surface area contributed by atoms with Gasteiger partial charge in [-0.15, -0.1) is 0 Å². The molecule has 0 amide bonds. The third kappa shape index (κ3) is 2.29. The molecule has 1 N–H and O–H groups in total. The van der Waals surface area contributed by atoms with Crippen molar-refractivity contribution in [1.82, 2.24) is 4.57 Å². The van der Waals surface area contributed by atoms with Crippen LogP contribution < -0.4 is 5.43 Å². The average Bonchev–Trinajstić information content (AvgIpc) is 2.55. The summed E-state index contributed by atoms with van der Waals surface area (Å²) in [4.78, 5) is 23.5. The van der Waals surface area contributed by atoms with Crippen molar-refractivity contribution in [3.63, 3.8) is 0 Å². The second-order valence-electron chi connectivity index (χ2n) is 5.06. The fourth-order valence-electron chi connectivity index (χ4n) is 2.61. The highest BCUT2D eigenvalue weighted by molar-refractivity contribution is 5.93. The number of aromatic nitrogens is 1. The van der Waals surface area contributed by atoms with E-state index in [1.54, 1.807) is 10.6 Å². The third-order valence-corrected chi connectivity index (χ3v) is 3.76. The van der Waals surface area contributed by atoms with Gasteiger partial charge in [-0.2, -0.15) is 0 Å². The lowest BCUT2D eigenvalue weighted by molar-refractivity contribution is 0.0695. The number of hydrogen-bond donors (Lipinski definition) is 1. The van der Waals surface area contributed by atoms with E-state index in [0.717, 1.165) is 16.6 Å². The van der Waals surface area contributed by atoms with E-state index in [-0.39, 0.29) is 5.56 Å². The molecule has 2 aromatic carbocycles. The number of carbonyl (C=O) groups is 1. The predicted molar refractivity (Wildman–Crippen MR) is 86.3 cm³/mol. The van der Waals surface area contributed by atoms with Crippen LogP contribution in [0.2, 0.25) is 0 Å². The minimum Gasteiger partial charge on any atom is -0.477 e. The molecule has 1 heterocycles. The van der Waals surface area contributed by atoms with Crippen LogP contribution in [0, 0.1) is 0 Å². The minimum absolute atomic E-state index is 0.193. The molecule has 0 saturated carbocycles. The largest absolute Gasteiger partial charge is 0.477 e. The molecule has 22 heavy (non-hydrogen) atoms. The van der Waals surface area contributed by atoms with Gasteiger partial charge in [0, 0.05) is 18.1 Å². The van der Waals surface area contributed by atoms with E-state index in [0.29, 0.717) is 11.9 Å². The first-order chi connectivity index (χ1) is 10.6. The lowest BCUT2D eigenvalue weighted by Gasteiger charge is -2.11. The quantitative estimate of drug-likeness (QED) is 0.805. The van der Waals surface area contributed by atoms with Crippen molar-refractivity contribution in [3.8, 4) is 11.1 Å². The topological polar surface area (TPSA) is 59.3 Å². The summed E-state index contributed by atoms with van der Waals surface area (Å²) in [5.74, 6) is -1.19. The molecule has 4 nitrogen and oxygen atoms in total. The molecular weight excluding hydrogens is 278 g/mol. The van der Waals surface area contributed by atoms with Crippen molar-refractivity contribution < 1.29 is 9.90 Å². The van der Waals surface area contributed by atoms with Crippen LogP contribution in [0.3, 0.4) is 0 Å². The molecule has 0 saturated heterocycles. The van der Waals surface area contributed by atoms with E-state index in [2.05, 4.69) is 0 Å². The first-order valence-corrected chi connectivity index (χ1v) is 7.07. The summed E-state index contributed by atoms with van der Waals surface area (Å²) < 4.78 is 1.80. The number of nitrogens with zero attached hydrogens (tertiary/aromatic N) is 1. The molecule has 0 spiro atoms. The van der Waals surface area contributed by atoms with Crippen molar-refractivity contribution >= 4 is 16.9 Å². The number of fused-ring (bicyclic) bond motifs is 1. The highest BCUT2D eigenvalue weighted by Gasteiger charge is 2.14. The van der Waals surface area contributed by atoms with Crippen LogP contribution >= 0.6 is 0 Å². The molecule has 0 bridgehead atoms. The van der Waals surface area contributed by atoms with Gasteiger partial charge in [0.1, 0.15) is 5.56 Å². The Balaban J connectivity index is 2.31. The standard InChI is InChI=1S/C18H15NO3/c1-2-19-11-15(18(21)22)17(20)14-9-8-13(10-16(14)19)12-6-4-3-5-7-12/h3-11H,2H2,1H3,(H,21,22). The second kappa shape index (κ2) is 5.48. The van der Waals surface area contributed by atoms with E-state index < -0.39 is 11.4 Å². The Bertz CT molecular complexity index is 911. The van der Waals surface area contributed by atoms with E-state index >= 15 is 0 Å². The molecule has 3 aromatic rings. The van der Waals surface area contributed by atoms with Gasteiger partial charge in [-0.3, -0.25) is 4.79 Å². The zero-order chi connectivity index (χ0) is 15.7. The number of aryl methyl sites for hydroxylation is 1. The number of pyridine rings is 1. The normalized spacial score (nSPS) is 10.8. The summed E-state index contributed by atoms with van der Waals surface area (Å²) in [6, 6.07) is 15.4. The lowest BCUT2D eigenvalue weighted by atomic mass is 10.0. The van der Waals surface area contributed by atoms with Crippen molar-refractivity contribution in [2.24, 2.45) is 0 Å². The molecule has 110 valence electrons. The van der Waals surface area contributed by atoms with Gasteiger partial charge in [0.2, 0.25) is 5.43 Å². The highest BCUT2D eigenvalue weighted by Crippen LogP contribution is 2.23. The maximum Gasteiger partial charge on any atom is 0.341 e. The van der Waals surface area contributed by atoms with E-state index in [1.807, 2.05) is 49.4 Å². The second-order valence-corrected chi connectivity index (χ2v) is 5.06. The summed E-state index contributed by atoms with van der Waals surface area (Å²) in [7, 11) is 0. The van der Waals surface area contributed by atoms with Gasteiger partial charge in [-0.25, -0.2) is 4.79 Å². The number of carboxylic acids is 1. The van der Waals surface area contributed by atoms with Gasteiger partial charge < -0.3 is 9.67 Å². The third-order valence-electron chi connectivity index (χ3n) is 3.76. The zero-order valence-corrected chi connectivity index (χ0v) is 12.1. The lowest BCUT2D eigenvalue weighted by Crippen LogP contribution is -2.18. The summed E-state index contributed by atoms with van der Waals surface area (Å²) in [5, 5.41) is 9.60. The van der Waals surface area contributed by atoms with Crippen LogP contribution in [0.1, 0.15) is 17.3 Å². The van der Waals surface area contributed by atoms with Crippen LogP contribution in [0.25, 0.3) is 22.0 Å². The van der Waals surface area contributed by atoms with Gasteiger partial charge >= 0.3 is 5.97 Å². The van der Waals surface area contributed by atoms with Crippen molar-refractivity contribution in [3.05, 3.63) is 70.5 Å². The van der Waals surface area contributed by atoms with Gasteiger partial charge in [0.05, 0.1) is 5.52 Å². The van der Waals surface area contributed by atoms with Crippen molar-refractivity contribution in [2.75, 3.05) is 0 Å². The minimum atomic E-state index is -1.19. The zero-order valence-electron chi connectivity index (χ0n) is 12.1. The fourth-order valence-corrected chi connectivity index (χ4v) is 2.61. The Labute approximate surface area is 127 Å². The molecule has 4 heteroatoms. The Morgan fingerprint density at radius 1 is 1.09 bits per heavy atom. The Kier molecular flexibility index (Phi) is 3.51. The summed E-state index contributed by atoms with van der Waals surface area (Å²) >= 11 is 0. The van der Waals surface area contributed by atoms with Crippen molar-refractivity contribution in [2.45, 2.75) is 13.5 Å². The molecular formula is C18H15NO3. The summed E-state index contributed by atoms with van der Waals surface area (Å²) in [6.45, 7) is 2.51. The average molecular weight is 293 g/mol. The molecule has 0 aliphatic carbocycles. The number of hydrogen-bond acceptors (Lipinski definition) is 2. The first-order valence-electron chi connectivity index (χ1n) is 7.07. The summed E-state index contributed by atoms with van der Waals surface area (Å²) in [6.07, 6.45) is 1.42. The monoisotopic (exact) mass is 293 g/mol. The van der Waals surface area contributed by atoms with Gasteiger partial charge in [-0.05, 0) is 30.2 Å². The molecule has 0 unspecified atom stereocenters. The SMILES string of the molecule is CCn1cc(C(=O)O)c(=O)c2ccc(-c3ccccc3)cc21. The molecule has 3 rings (SSSR count). The van der Waals surface area contributed by atoms with Gasteiger partial charge in [0.15, 0.2) is 0 Å². The van der Waals surface area contributed by atoms with Gasteiger partial charge in [-0.1, -0.05) is 36.4 Å². The van der Waals surface area contributed by atoms with Crippen LogP contribution in [0.5, 0.6) is 0 Å². The Morgan fingerprint density at radius 3 is 2.45 bits per heavy atom. The van der Waals surface area contributed by atoms with E-state index in [4.69, 9.17) is 5.11 Å². The summed E-state index contributed by atoms with van der Waals surface area (Å²) in [5.41, 5.74) is 2.17. The number of rotatable bonds is 3. The number of benzene rings is 2. The van der Waals surface area contributed by atoms with E-state index in [1.165, 1.54) is 6.20 Å². The van der Waals surface area contributed by atoms with Crippen LogP contribution in [-0.4, -0.2) is 15.6 Å². The molecule has 0 aliphatic rings. The maximum atomic E-state index is 12.3. The number of aromatic carboxylic acids is 1. The fraction of sp³-hybridized carbons (Fsp3) is 0.111. The van der Waals surface area contributed by atoms with Crippen molar-refractivity contribution in [1.29, 1.82) is 0 Å². The molecule has 0 atom stereocenters. The van der Waals surface area contributed by atoms with Crippen LogP contribution in [0.15, 0.2) is 59.5 Å². The van der Waals surface area contributed by atoms with Crippen LogP contribution in [0.4, 0.5) is 0 Å². The predicted octanol–water partition coefficient (Wildman–Crippen LogP) is 3.39. The maximum absolute atomic E-state index is 12.3. The van der Waals surface area contributed by atoms with Crippen LogP contribution in [-0.2, 0) is 6.54 Å². The van der Waals surface area contributed by atoms with E-state index in [9.17, 15) is 9.59 Å². The smallest absolute Gasteiger partial charge is 0.341 e. The Hall–Kier alpha value is -2.88. The molecule has 0 aliphatic heterocycles. The molecule has 0 fully saturated rings. The van der Waals surface area contributed by atoms with Gasteiger partial charge in [0.25, 0.3) is 0 Å². The molecule has 0 radical (unpaired) electrons. The highest BCUT2D eigenvalue weighted by atomic mass is 16.4. The first kappa shape index (κ1) is 14.1.